The van der Waals surface area contributed by atoms with Crippen LogP contribution in [0.5, 0.6) is 5.75 Å². The molecule has 2 aliphatic rings. The number of rotatable bonds is 5. The molecule has 0 radical (unpaired) electrons. The minimum atomic E-state index is -0.231. The molecule has 0 bridgehead atoms. The van der Waals surface area contributed by atoms with Gasteiger partial charge in [-0.2, -0.15) is 0 Å². The maximum Gasteiger partial charge on any atom is 0.222 e. The molecule has 1 aromatic rings. The van der Waals surface area contributed by atoms with Crippen LogP contribution < -0.4 is 4.74 Å². The standard InChI is InChI=1S/C19H27FN2O2/c1-3-19(23)22-11-5-7-17(22)16-6-4-10-21(16)13-14-12-15(20)8-9-18(14)24-2/h8-9,12,16-17H,3-7,10-11,13H2,1-2H3/t16-,17+/m1/s1. The van der Waals surface area contributed by atoms with Gasteiger partial charge in [-0.15, -0.1) is 0 Å². The van der Waals surface area contributed by atoms with Gasteiger partial charge in [0.25, 0.3) is 0 Å². The molecule has 0 spiro atoms. The maximum atomic E-state index is 13.6. The zero-order chi connectivity index (χ0) is 17.1. The van der Waals surface area contributed by atoms with E-state index in [-0.39, 0.29) is 11.7 Å². The van der Waals surface area contributed by atoms with Crippen LogP contribution in [0, 0.1) is 5.82 Å². The first-order chi connectivity index (χ1) is 11.6. The summed E-state index contributed by atoms with van der Waals surface area (Å²) >= 11 is 0. The van der Waals surface area contributed by atoms with Crippen molar-refractivity contribution in [1.82, 2.24) is 9.80 Å². The molecule has 2 aliphatic heterocycles. The summed E-state index contributed by atoms with van der Waals surface area (Å²) in [7, 11) is 1.62. The first-order valence-corrected chi connectivity index (χ1v) is 9.00. The molecule has 3 rings (SSSR count). The molecular formula is C19H27FN2O2. The molecule has 0 aromatic heterocycles. The second-order valence-electron chi connectivity index (χ2n) is 6.79. The number of methoxy groups -OCH3 is 1. The lowest BCUT2D eigenvalue weighted by molar-refractivity contribution is -0.132. The summed E-state index contributed by atoms with van der Waals surface area (Å²) in [5.74, 6) is 0.757. The lowest BCUT2D eigenvalue weighted by atomic mass is 10.0. The van der Waals surface area contributed by atoms with Crippen LogP contribution in [0.2, 0.25) is 0 Å². The zero-order valence-electron chi connectivity index (χ0n) is 14.6. The van der Waals surface area contributed by atoms with Crippen LogP contribution in [0.25, 0.3) is 0 Å². The van der Waals surface area contributed by atoms with Crippen LogP contribution in [0.15, 0.2) is 18.2 Å². The van der Waals surface area contributed by atoms with Crippen molar-refractivity contribution >= 4 is 5.91 Å². The Bertz CT molecular complexity index is 593. The Morgan fingerprint density at radius 1 is 1.25 bits per heavy atom. The van der Waals surface area contributed by atoms with E-state index < -0.39 is 0 Å². The number of halogens is 1. The van der Waals surface area contributed by atoms with Crippen LogP contribution in [0.4, 0.5) is 4.39 Å². The molecule has 24 heavy (non-hydrogen) atoms. The summed E-state index contributed by atoms with van der Waals surface area (Å²) in [6.45, 7) is 4.48. The van der Waals surface area contributed by atoms with E-state index in [0.717, 1.165) is 50.1 Å². The summed E-state index contributed by atoms with van der Waals surface area (Å²) in [5, 5.41) is 0. The third-order valence-corrected chi connectivity index (χ3v) is 5.40. The van der Waals surface area contributed by atoms with Gasteiger partial charge in [-0.25, -0.2) is 4.39 Å². The lowest BCUT2D eigenvalue weighted by Gasteiger charge is -2.35. The average molecular weight is 334 g/mol. The SMILES string of the molecule is CCC(=O)N1CCC[C@H]1[C@H]1CCCN1Cc1cc(F)ccc1OC. The van der Waals surface area contributed by atoms with Gasteiger partial charge in [0.15, 0.2) is 0 Å². The summed E-state index contributed by atoms with van der Waals surface area (Å²) in [4.78, 5) is 16.7. The van der Waals surface area contributed by atoms with Gasteiger partial charge >= 0.3 is 0 Å². The summed E-state index contributed by atoms with van der Waals surface area (Å²) < 4.78 is 19.0. The molecule has 132 valence electrons. The Morgan fingerprint density at radius 2 is 2.00 bits per heavy atom. The molecule has 0 aliphatic carbocycles. The van der Waals surface area contributed by atoms with Crippen LogP contribution in [-0.4, -0.2) is 48.0 Å². The maximum absolute atomic E-state index is 13.6. The smallest absolute Gasteiger partial charge is 0.222 e. The second-order valence-corrected chi connectivity index (χ2v) is 6.79. The highest BCUT2D eigenvalue weighted by Gasteiger charge is 2.39. The predicted octanol–water partition coefficient (Wildman–Crippen LogP) is 3.20. The Hall–Kier alpha value is -1.62. The van der Waals surface area contributed by atoms with E-state index in [1.54, 1.807) is 19.2 Å². The monoisotopic (exact) mass is 334 g/mol. The van der Waals surface area contributed by atoms with E-state index in [9.17, 15) is 9.18 Å². The van der Waals surface area contributed by atoms with Gasteiger partial charge < -0.3 is 9.64 Å². The number of likely N-dealkylation sites (tertiary alicyclic amines) is 2. The van der Waals surface area contributed by atoms with Crippen LogP contribution in [0.1, 0.15) is 44.6 Å². The van der Waals surface area contributed by atoms with Crippen molar-refractivity contribution in [2.75, 3.05) is 20.2 Å². The van der Waals surface area contributed by atoms with Crippen molar-refractivity contribution in [3.63, 3.8) is 0 Å². The lowest BCUT2D eigenvalue weighted by Crippen LogP contribution is -2.47. The number of hydrogen-bond acceptors (Lipinski definition) is 3. The van der Waals surface area contributed by atoms with Crippen molar-refractivity contribution in [3.05, 3.63) is 29.6 Å². The normalized spacial score (nSPS) is 24.5. The van der Waals surface area contributed by atoms with Crippen molar-refractivity contribution < 1.29 is 13.9 Å². The number of nitrogens with zero attached hydrogens (tertiary/aromatic N) is 2. The van der Waals surface area contributed by atoms with Crippen LogP contribution >= 0.6 is 0 Å². The number of hydrogen-bond donors (Lipinski definition) is 0. The molecular weight excluding hydrogens is 307 g/mol. The quantitative estimate of drug-likeness (QED) is 0.829. The van der Waals surface area contributed by atoms with E-state index in [4.69, 9.17) is 4.74 Å². The predicted molar refractivity (Wildman–Crippen MR) is 91.4 cm³/mol. The fourth-order valence-corrected chi connectivity index (χ4v) is 4.28. The minimum Gasteiger partial charge on any atom is -0.496 e. The van der Waals surface area contributed by atoms with Gasteiger partial charge in [-0.05, 0) is 50.4 Å². The van der Waals surface area contributed by atoms with Crippen LogP contribution in [-0.2, 0) is 11.3 Å². The van der Waals surface area contributed by atoms with E-state index in [1.165, 1.54) is 6.07 Å². The third-order valence-electron chi connectivity index (χ3n) is 5.40. The molecule has 2 heterocycles. The fourth-order valence-electron chi connectivity index (χ4n) is 4.28. The average Bonchev–Trinajstić information content (AvgIpc) is 3.23. The van der Waals surface area contributed by atoms with E-state index in [0.29, 0.717) is 25.0 Å². The Labute approximate surface area is 143 Å². The molecule has 1 aromatic carbocycles. The molecule has 4 nitrogen and oxygen atoms in total. The Balaban J connectivity index is 1.76. The number of ether oxygens (including phenoxy) is 1. The van der Waals surface area contributed by atoms with Gasteiger partial charge in [0, 0.05) is 37.2 Å². The van der Waals surface area contributed by atoms with Gasteiger partial charge in [0.2, 0.25) is 5.91 Å². The third kappa shape index (κ3) is 3.41. The van der Waals surface area contributed by atoms with Gasteiger partial charge in [-0.1, -0.05) is 6.92 Å². The molecule has 0 unspecified atom stereocenters. The summed E-state index contributed by atoms with van der Waals surface area (Å²) in [6, 6.07) is 5.37. The first-order valence-electron chi connectivity index (χ1n) is 9.00. The number of carbonyl (C=O) groups excluding carboxylic acids is 1. The number of benzene rings is 1. The van der Waals surface area contributed by atoms with Crippen molar-refractivity contribution in [3.8, 4) is 5.75 Å². The van der Waals surface area contributed by atoms with E-state index >= 15 is 0 Å². The highest BCUT2D eigenvalue weighted by molar-refractivity contribution is 5.76. The topological polar surface area (TPSA) is 32.8 Å². The minimum absolute atomic E-state index is 0.231. The van der Waals surface area contributed by atoms with Crippen molar-refractivity contribution in [1.29, 1.82) is 0 Å². The number of amides is 1. The highest BCUT2D eigenvalue weighted by Crippen LogP contribution is 2.32. The molecule has 5 heteroatoms. The first kappa shape index (κ1) is 17.2. The Kier molecular flexibility index (Phi) is 5.39. The van der Waals surface area contributed by atoms with E-state index in [2.05, 4.69) is 9.80 Å². The van der Waals surface area contributed by atoms with Crippen molar-refractivity contribution in [2.24, 2.45) is 0 Å². The fraction of sp³-hybridized carbons (Fsp3) is 0.632. The highest BCUT2D eigenvalue weighted by atomic mass is 19.1. The molecule has 1 amide bonds. The van der Waals surface area contributed by atoms with Crippen molar-refractivity contribution in [2.45, 2.75) is 57.7 Å². The summed E-state index contributed by atoms with van der Waals surface area (Å²) in [6.07, 6.45) is 4.97. The largest absolute Gasteiger partial charge is 0.496 e. The summed E-state index contributed by atoms with van der Waals surface area (Å²) in [5.41, 5.74) is 0.885. The van der Waals surface area contributed by atoms with Crippen LogP contribution in [0.3, 0.4) is 0 Å². The van der Waals surface area contributed by atoms with Gasteiger partial charge in [-0.3, -0.25) is 9.69 Å². The molecule has 2 saturated heterocycles. The van der Waals surface area contributed by atoms with E-state index in [1.807, 2.05) is 6.92 Å². The molecule has 0 saturated carbocycles. The molecule has 2 atom stereocenters. The molecule has 0 N–H and O–H groups in total. The Morgan fingerprint density at radius 3 is 2.75 bits per heavy atom. The molecule has 2 fully saturated rings. The number of carbonyl (C=O) groups is 1. The zero-order valence-corrected chi connectivity index (χ0v) is 14.6. The second kappa shape index (κ2) is 7.51. The van der Waals surface area contributed by atoms with Gasteiger partial charge in [0.05, 0.1) is 7.11 Å². The van der Waals surface area contributed by atoms with Gasteiger partial charge in [0.1, 0.15) is 11.6 Å².